The molecule has 3 aliphatic carbocycles. The minimum atomic E-state index is -0.296. The van der Waals surface area contributed by atoms with E-state index in [1.54, 1.807) is 0 Å². The molecule has 0 aliphatic heterocycles. The van der Waals surface area contributed by atoms with Gasteiger partial charge in [-0.3, -0.25) is 0 Å². The summed E-state index contributed by atoms with van der Waals surface area (Å²) in [6, 6.07) is 10.6. The number of rotatable bonds is 6. The zero-order valence-corrected chi connectivity index (χ0v) is 14.2. The number of benzene rings is 1. The predicted octanol–water partition coefficient (Wildman–Crippen LogP) is 3.47. The normalized spacial score (nSPS) is 33.9. The van der Waals surface area contributed by atoms with Crippen LogP contribution in [-0.2, 0) is 11.3 Å². The van der Waals surface area contributed by atoms with E-state index in [0.29, 0.717) is 12.6 Å². The highest BCUT2D eigenvalue weighted by molar-refractivity contribution is 5.67. The predicted molar refractivity (Wildman–Crippen MR) is 93.5 cm³/mol. The van der Waals surface area contributed by atoms with Crippen molar-refractivity contribution in [3.8, 4) is 0 Å². The minimum Gasteiger partial charge on any atom is -0.445 e. The van der Waals surface area contributed by atoms with Crippen LogP contribution in [-0.4, -0.2) is 24.7 Å². The van der Waals surface area contributed by atoms with Crippen molar-refractivity contribution in [3.63, 3.8) is 0 Å². The molecule has 24 heavy (non-hydrogen) atoms. The third kappa shape index (κ3) is 3.75. The number of hydrogen-bond donors (Lipinski definition) is 2. The van der Waals surface area contributed by atoms with E-state index >= 15 is 0 Å². The number of alkyl carbamates (subject to hydrolysis) is 1. The second kappa shape index (κ2) is 7.14. The van der Waals surface area contributed by atoms with Gasteiger partial charge in [0.2, 0.25) is 0 Å². The Morgan fingerprint density at radius 3 is 2.58 bits per heavy atom. The number of ether oxygens (including phenoxy) is 1. The fraction of sp³-hybridized carbons (Fsp3) is 0.650. The fourth-order valence-corrected chi connectivity index (χ4v) is 4.78. The molecule has 2 N–H and O–H groups in total. The number of nitrogens with one attached hydrogen (secondary N) is 2. The van der Waals surface area contributed by atoms with Crippen LogP contribution in [0, 0.1) is 17.8 Å². The Balaban J connectivity index is 1.09. The van der Waals surface area contributed by atoms with Crippen molar-refractivity contribution in [3.05, 3.63) is 35.9 Å². The summed E-state index contributed by atoms with van der Waals surface area (Å²) in [5, 5.41) is 6.69. The van der Waals surface area contributed by atoms with Crippen LogP contribution in [0.1, 0.15) is 44.1 Å². The molecule has 0 aromatic heterocycles. The van der Waals surface area contributed by atoms with Gasteiger partial charge in [0.15, 0.2) is 0 Å². The van der Waals surface area contributed by atoms with E-state index in [-0.39, 0.29) is 12.1 Å². The van der Waals surface area contributed by atoms with Gasteiger partial charge in [-0.05, 0) is 62.0 Å². The molecule has 0 radical (unpaired) electrons. The van der Waals surface area contributed by atoms with E-state index in [1.165, 1.54) is 32.2 Å². The molecule has 4 nitrogen and oxygen atoms in total. The molecule has 0 saturated heterocycles. The van der Waals surface area contributed by atoms with Crippen molar-refractivity contribution in [1.82, 2.24) is 10.6 Å². The molecule has 3 atom stereocenters. The van der Waals surface area contributed by atoms with Crippen LogP contribution in [0.4, 0.5) is 4.79 Å². The van der Waals surface area contributed by atoms with E-state index < -0.39 is 0 Å². The molecular formula is C20H28N2O2. The van der Waals surface area contributed by atoms with Gasteiger partial charge >= 0.3 is 6.09 Å². The lowest BCUT2D eigenvalue weighted by molar-refractivity contribution is 0.124. The molecule has 1 aromatic carbocycles. The van der Waals surface area contributed by atoms with Crippen LogP contribution in [0.5, 0.6) is 0 Å². The van der Waals surface area contributed by atoms with E-state index in [2.05, 4.69) is 10.6 Å². The maximum Gasteiger partial charge on any atom is 0.407 e. The van der Waals surface area contributed by atoms with Crippen LogP contribution in [0.2, 0.25) is 0 Å². The SMILES string of the molecule is O=C(NC1CC(NCC2CC3CCC2C3)C1)OCc1ccccc1. The average Bonchev–Trinajstić information content (AvgIpc) is 3.19. The zero-order chi connectivity index (χ0) is 16.4. The molecule has 4 heteroatoms. The number of carbonyl (C=O) groups is 1. The van der Waals surface area contributed by atoms with E-state index in [4.69, 9.17) is 4.74 Å². The third-order valence-electron chi connectivity index (χ3n) is 6.23. The van der Waals surface area contributed by atoms with Gasteiger partial charge < -0.3 is 15.4 Å². The van der Waals surface area contributed by atoms with E-state index in [9.17, 15) is 4.79 Å². The molecule has 3 unspecified atom stereocenters. The first-order valence-electron chi connectivity index (χ1n) is 9.47. The summed E-state index contributed by atoms with van der Waals surface area (Å²) >= 11 is 0. The lowest BCUT2D eigenvalue weighted by Crippen LogP contribution is -2.53. The number of carbonyl (C=O) groups excluding carboxylic acids is 1. The Hall–Kier alpha value is -1.55. The van der Waals surface area contributed by atoms with Crippen LogP contribution in [0.3, 0.4) is 0 Å². The van der Waals surface area contributed by atoms with Crippen molar-refractivity contribution < 1.29 is 9.53 Å². The number of amides is 1. The Bertz CT molecular complexity index is 556. The summed E-state index contributed by atoms with van der Waals surface area (Å²) in [7, 11) is 0. The molecule has 3 aliphatic rings. The lowest BCUT2D eigenvalue weighted by Gasteiger charge is -2.37. The first kappa shape index (κ1) is 15.9. The van der Waals surface area contributed by atoms with Gasteiger partial charge in [-0.2, -0.15) is 0 Å². The molecule has 1 aromatic rings. The lowest BCUT2D eigenvalue weighted by atomic mass is 9.84. The molecular weight excluding hydrogens is 300 g/mol. The van der Waals surface area contributed by atoms with E-state index in [1.807, 2.05) is 30.3 Å². The average molecular weight is 328 g/mol. The summed E-state index contributed by atoms with van der Waals surface area (Å²) in [6.07, 6.45) is 7.62. The number of fused-ring (bicyclic) bond motifs is 2. The van der Waals surface area contributed by atoms with Gasteiger partial charge in [0.1, 0.15) is 6.61 Å². The van der Waals surface area contributed by atoms with Crippen molar-refractivity contribution in [2.75, 3.05) is 6.54 Å². The fourth-order valence-electron chi connectivity index (χ4n) is 4.78. The van der Waals surface area contributed by atoms with Gasteiger partial charge in [0, 0.05) is 12.1 Å². The van der Waals surface area contributed by atoms with Gasteiger partial charge in [-0.25, -0.2) is 4.79 Å². The van der Waals surface area contributed by atoms with Gasteiger partial charge in [-0.1, -0.05) is 36.8 Å². The quantitative estimate of drug-likeness (QED) is 0.841. The second-order valence-electron chi connectivity index (χ2n) is 7.91. The van der Waals surface area contributed by atoms with Gasteiger partial charge in [-0.15, -0.1) is 0 Å². The Kier molecular flexibility index (Phi) is 4.74. The smallest absolute Gasteiger partial charge is 0.407 e. The first-order chi connectivity index (χ1) is 11.8. The van der Waals surface area contributed by atoms with Gasteiger partial charge in [0.25, 0.3) is 0 Å². The molecule has 2 bridgehead atoms. The molecule has 0 heterocycles. The molecule has 1 amide bonds. The summed E-state index contributed by atoms with van der Waals surface area (Å²) in [6.45, 7) is 1.52. The molecule has 4 rings (SSSR count). The summed E-state index contributed by atoms with van der Waals surface area (Å²) in [5.74, 6) is 2.92. The zero-order valence-electron chi connectivity index (χ0n) is 14.2. The van der Waals surface area contributed by atoms with Crippen LogP contribution in [0.15, 0.2) is 30.3 Å². The Morgan fingerprint density at radius 2 is 1.88 bits per heavy atom. The van der Waals surface area contributed by atoms with Crippen molar-refractivity contribution in [1.29, 1.82) is 0 Å². The summed E-state index contributed by atoms with van der Waals surface area (Å²) < 4.78 is 5.27. The Labute approximate surface area is 144 Å². The van der Waals surface area contributed by atoms with Crippen molar-refractivity contribution in [2.24, 2.45) is 17.8 Å². The monoisotopic (exact) mass is 328 g/mol. The third-order valence-corrected chi connectivity index (χ3v) is 6.23. The molecule has 0 spiro atoms. The highest BCUT2D eigenvalue weighted by atomic mass is 16.5. The van der Waals surface area contributed by atoms with Crippen LogP contribution < -0.4 is 10.6 Å². The maximum absolute atomic E-state index is 11.8. The topological polar surface area (TPSA) is 50.4 Å². The van der Waals surface area contributed by atoms with Crippen LogP contribution in [0.25, 0.3) is 0 Å². The highest BCUT2D eigenvalue weighted by Crippen LogP contribution is 2.48. The van der Waals surface area contributed by atoms with Crippen molar-refractivity contribution >= 4 is 6.09 Å². The second-order valence-corrected chi connectivity index (χ2v) is 7.91. The highest BCUT2D eigenvalue weighted by Gasteiger charge is 2.40. The first-order valence-corrected chi connectivity index (χ1v) is 9.47. The maximum atomic E-state index is 11.8. The molecule has 130 valence electrons. The Morgan fingerprint density at radius 1 is 1.04 bits per heavy atom. The number of hydrogen-bond acceptors (Lipinski definition) is 3. The summed E-state index contributed by atoms with van der Waals surface area (Å²) in [4.78, 5) is 11.8. The van der Waals surface area contributed by atoms with Crippen molar-refractivity contribution in [2.45, 2.75) is 57.2 Å². The molecule has 3 fully saturated rings. The largest absolute Gasteiger partial charge is 0.445 e. The summed E-state index contributed by atoms with van der Waals surface area (Å²) in [5.41, 5.74) is 1.02. The van der Waals surface area contributed by atoms with Crippen LogP contribution >= 0.6 is 0 Å². The standard InChI is InChI=1S/C20H28N2O2/c23-20(24-13-14-4-2-1-3-5-14)22-19-10-18(11-19)21-12-17-9-15-6-7-16(17)8-15/h1-5,15-19,21H,6-13H2,(H,22,23). The minimum absolute atomic E-state index is 0.269. The van der Waals surface area contributed by atoms with Gasteiger partial charge in [0.05, 0.1) is 0 Å². The van der Waals surface area contributed by atoms with E-state index in [0.717, 1.165) is 36.2 Å². The molecule has 3 saturated carbocycles.